The van der Waals surface area contributed by atoms with Crippen LogP contribution in [0.15, 0.2) is 30.3 Å². The van der Waals surface area contributed by atoms with E-state index in [4.69, 9.17) is 0 Å². The minimum Gasteiger partial charge on any atom is -0.354 e. The number of aryl methyl sites for hydroxylation is 1. The standard InChI is InChI=1S/C16H17FN4O2/c1-18-15(22)13-9-14-16(23)20(7-2-8-21(14)19-13)10-11-3-5-12(17)6-4-11/h3-6,9H,2,7-8,10H2,1H3,(H,18,22). The lowest BCUT2D eigenvalue weighted by atomic mass is 10.2. The molecule has 1 N–H and O–H groups in total. The maximum absolute atomic E-state index is 13.0. The number of aromatic nitrogens is 2. The number of hydrogen-bond donors (Lipinski definition) is 1. The number of rotatable bonds is 3. The number of hydrogen-bond acceptors (Lipinski definition) is 3. The molecule has 0 unspecified atom stereocenters. The molecule has 23 heavy (non-hydrogen) atoms. The summed E-state index contributed by atoms with van der Waals surface area (Å²) in [6.07, 6.45) is 0.745. The SMILES string of the molecule is CNC(=O)c1cc2n(n1)CCCN(Cc1ccc(F)cc1)C2=O. The van der Waals surface area contributed by atoms with Crippen molar-refractivity contribution in [1.29, 1.82) is 0 Å². The summed E-state index contributed by atoms with van der Waals surface area (Å²) < 4.78 is 14.6. The average Bonchev–Trinajstić information content (AvgIpc) is 2.93. The van der Waals surface area contributed by atoms with Crippen LogP contribution in [0.3, 0.4) is 0 Å². The van der Waals surface area contributed by atoms with Crippen LogP contribution in [0.1, 0.15) is 33.0 Å². The summed E-state index contributed by atoms with van der Waals surface area (Å²) >= 11 is 0. The molecular weight excluding hydrogens is 299 g/mol. The summed E-state index contributed by atoms with van der Waals surface area (Å²) in [5.41, 5.74) is 1.50. The first-order chi connectivity index (χ1) is 11.1. The van der Waals surface area contributed by atoms with Crippen molar-refractivity contribution in [1.82, 2.24) is 20.0 Å². The molecule has 1 aliphatic heterocycles. The number of nitrogens with one attached hydrogen (secondary N) is 1. The van der Waals surface area contributed by atoms with Crippen LogP contribution in [0.25, 0.3) is 0 Å². The minimum atomic E-state index is -0.316. The molecule has 0 atom stereocenters. The number of fused-ring (bicyclic) bond motifs is 1. The van der Waals surface area contributed by atoms with Crippen LogP contribution in [0, 0.1) is 5.82 Å². The molecule has 3 rings (SSSR count). The Labute approximate surface area is 132 Å². The van der Waals surface area contributed by atoms with Crippen LogP contribution in [0.2, 0.25) is 0 Å². The van der Waals surface area contributed by atoms with Gasteiger partial charge in [-0.2, -0.15) is 5.10 Å². The molecule has 120 valence electrons. The molecular formula is C16H17FN4O2. The van der Waals surface area contributed by atoms with Gasteiger partial charge in [-0.05, 0) is 24.1 Å². The first-order valence-corrected chi connectivity index (χ1v) is 7.42. The molecule has 2 heterocycles. The molecule has 0 spiro atoms. The summed E-state index contributed by atoms with van der Waals surface area (Å²) in [5.74, 6) is -0.790. The second-order valence-corrected chi connectivity index (χ2v) is 5.42. The van der Waals surface area contributed by atoms with E-state index < -0.39 is 0 Å². The third-order valence-electron chi connectivity index (χ3n) is 3.83. The Morgan fingerprint density at radius 3 is 2.74 bits per heavy atom. The Kier molecular flexibility index (Phi) is 4.10. The van der Waals surface area contributed by atoms with Crippen molar-refractivity contribution in [3.05, 3.63) is 53.1 Å². The van der Waals surface area contributed by atoms with E-state index >= 15 is 0 Å². The Morgan fingerprint density at radius 2 is 2.04 bits per heavy atom. The first kappa shape index (κ1) is 15.2. The fraction of sp³-hybridized carbons (Fsp3) is 0.312. The third kappa shape index (κ3) is 3.08. The van der Waals surface area contributed by atoms with E-state index in [0.717, 1.165) is 12.0 Å². The highest BCUT2D eigenvalue weighted by molar-refractivity contribution is 5.97. The molecule has 2 aromatic rings. The molecule has 0 saturated carbocycles. The lowest BCUT2D eigenvalue weighted by molar-refractivity contribution is 0.0745. The van der Waals surface area contributed by atoms with Gasteiger partial charge in [-0.25, -0.2) is 4.39 Å². The fourth-order valence-corrected chi connectivity index (χ4v) is 2.63. The Bertz CT molecular complexity index is 739. The van der Waals surface area contributed by atoms with E-state index in [1.807, 2.05) is 0 Å². The van der Waals surface area contributed by atoms with Crippen LogP contribution in [-0.4, -0.2) is 40.1 Å². The summed E-state index contributed by atoms with van der Waals surface area (Å²) in [5, 5.41) is 6.69. The molecule has 1 aromatic heterocycles. The summed E-state index contributed by atoms with van der Waals surface area (Å²) in [6.45, 7) is 1.58. The number of halogens is 1. The van der Waals surface area contributed by atoms with Crippen molar-refractivity contribution in [2.75, 3.05) is 13.6 Å². The summed E-state index contributed by atoms with van der Waals surface area (Å²) in [4.78, 5) is 26.1. The van der Waals surface area contributed by atoms with E-state index in [2.05, 4.69) is 10.4 Å². The highest BCUT2D eigenvalue weighted by atomic mass is 19.1. The summed E-state index contributed by atoms with van der Waals surface area (Å²) in [6, 6.07) is 7.61. The molecule has 2 amide bonds. The lowest BCUT2D eigenvalue weighted by Crippen LogP contribution is -2.30. The third-order valence-corrected chi connectivity index (χ3v) is 3.83. The van der Waals surface area contributed by atoms with Gasteiger partial charge in [-0.1, -0.05) is 12.1 Å². The Hall–Kier alpha value is -2.70. The normalized spacial score (nSPS) is 14.3. The Morgan fingerprint density at radius 1 is 1.30 bits per heavy atom. The van der Waals surface area contributed by atoms with E-state index in [0.29, 0.717) is 25.3 Å². The van der Waals surface area contributed by atoms with Crippen LogP contribution < -0.4 is 5.32 Å². The monoisotopic (exact) mass is 316 g/mol. The van der Waals surface area contributed by atoms with Crippen LogP contribution >= 0.6 is 0 Å². The molecule has 0 saturated heterocycles. The molecule has 0 bridgehead atoms. The number of carbonyl (C=O) groups excluding carboxylic acids is 2. The molecule has 1 aliphatic rings. The fourth-order valence-electron chi connectivity index (χ4n) is 2.63. The van der Waals surface area contributed by atoms with Crippen molar-refractivity contribution in [3.63, 3.8) is 0 Å². The number of benzene rings is 1. The zero-order valence-corrected chi connectivity index (χ0v) is 12.8. The Balaban J connectivity index is 1.84. The van der Waals surface area contributed by atoms with Gasteiger partial charge in [0.05, 0.1) is 0 Å². The van der Waals surface area contributed by atoms with Gasteiger partial charge in [-0.15, -0.1) is 0 Å². The van der Waals surface area contributed by atoms with Gasteiger partial charge >= 0.3 is 0 Å². The van der Waals surface area contributed by atoms with Crippen molar-refractivity contribution < 1.29 is 14.0 Å². The summed E-state index contributed by atoms with van der Waals surface area (Å²) in [7, 11) is 1.52. The molecule has 1 aromatic carbocycles. The molecule has 7 heteroatoms. The second-order valence-electron chi connectivity index (χ2n) is 5.42. The van der Waals surface area contributed by atoms with Crippen LogP contribution in [0.4, 0.5) is 4.39 Å². The van der Waals surface area contributed by atoms with E-state index in [9.17, 15) is 14.0 Å². The second kappa shape index (κ2) is 6.20. The predicted octanol–water partition coefficient (Wildman–Crippen LogP) is 1.43. The average molecular weight is 316 g/mol. The highest BCUT2D eigenvalue weighted by Crippen LogP contribution is 2.17. The van der Waals surface area contributed by atoms with Crippen molar-refractivity contribution in [2.24, 2.45) is 0 Å². The van der Waals surface area contributed by atoms with Crippen LogP contribution in [-0.2, 0) is 13.1 Å². The van der Waals surface area contributed by atoms with E-state index in [-0.39, 0.29) is 23.3 Å². The van der Waals surface area contributed by atoms with Gasteiger partial charge in [0.15, 0.2) is 5.69 Å². The highest BCUT2D eigenvalue weighted by Gasteiger charge is 2.26. The van der Waals surface area contributed by atoms with E-state index in [1.54, 1.807) is 21.7 Å². The van der Waals surface area contributed by atoms with Gasteiger partial charge < -0.3 is 10.2 Å². The maximum atomic E-state index is 13.0. The zero-order valence-electron chi connectivity index (χ0n) is 12.8. The van der Waals surface area contributed by atoms with Crippen LogP contribution in [0.5, 0.6) is 0 Å². The first-order valence-electron chi connectivity index (χ1n) is 7.42. The molecule has 0 aliphatic carbocycles. The van der Waals surface area contributed by atoms with Crippen molar-refractivity contribution >= 4 is 11.8 Å². The van der Waals surface area contributed by atoms with Gasteiger partial charge in [0.2, 0.25) is 0 Å². The van der Waals surface area contributed by atoms with Gasteiger partial charge in [0.25, 0.3) is 11.8 Å². The number of nitrogens with zero attached hydrogens (tertiary/aromatic N) is 3. The number of carbonyl (C=O) groups is 2. The van der Waals surface area contributed by atoms with Gasteiger partial charge in [0, 0.05) is 32.7 Å². The molecule has 0 radical (unpaired) electrons. The van der Waals surface area contributed by atoms with Gasteiger partial charge in [0.1, 0.15) is 11.5 Å². The molecule has 0 fully saturated rings. The topological polar surface area (TPSA) is 67.2 Å². The number of amides is 2. The quantitative estimate of drug-likeness (QED) is 0.931. The van der Waals surface area contributed by atoms with Crippen molar-refractivity contribution in [3.8, 4) is 0 Å². The minimum absolute atomic E-state index is 0.172. The maximum Gasteiger partial charge on any atom is 0.272 e. The zero-order chi connectivity index (χ0) is 16.4. The molecule has 6 nitrogen and oxygen atoms in total. The van der Waals surface area contributed by atoms with Gasteiger partial charge in [-0.3, -0.25) is 14.3 Å². The van der Waals surface area contributed by atoms with E-state index in [1.165, 1.54) is 25.2 Å². The predicted molar refractivity (Wildman–Crippen MR) is 81.4 cm³/mol. The largest absolute Gasteiger partial charge is 0.354 e. The lowest BCUT2D eigenvalue weighted by Gasteiger charge is -2.20. The van der Waals surface area contributed by atoms with Crippen molar-refractivity contribution in [2.45, 2.75) is 19.5 Å². The smallest absolute Gasteiger partial charge is 0.272 e.